The van der Waals surface area contributed by atoms with Gasteiger partial charge in [-0.15, -0.1) is 0 Å². The molecule has 0 aliphatic rings. The number of fused-ring (bicyclic) bond motifs is 2. The summed E-state index contributed by atoms with van der Waals surface area (Å²) in [5.41, 5.74) is 4.76. The highest BCUT2D eigenvalue weighted by atomic mass is 15.1. The molecule has 0 unspecified atom stereocenters. The van der Waals surface area contributed by atoms with E-state index in [1.54, 1.807) is 12.7 Å². The third-order valence-corrected chi connectivity index (χ3v) is 3.35. The van der Waals surface area contributed by atoms with Gasteiger partial charge in [-0.3, -0.25) is 0 Å². The number of para-hydroxylation sites is 1. The van der Waals surface area contributed by atoms with E-state index in [1.807, 2.05) is 29.9 Å². The maximum Gasteiger partial charge on any atom is 0.181 e. The van der Waals surface area contributed by atoms with Gasteiger partial charge in [0.2, 0.25) is 0 Å². The minimum atomic E-state index is 0.720. The van der Waals surface area contributed by atoms with Crippen molar-refractivity contribution in [1.82, 2.24) is 24.5 Å². The number of hydrogen-bond donors (Lipinski definition) is 1. The molecule has 3 aromatic heterocycles. The first-order valence-electron chi connectivity index (χ1n) is 6.03. The van der Waals surface area contributed by atoms with Crippen LogP contribution < -0.4 is 0 Å². The van der Waals surface area contributed by atoms with Gasteiger partial charge in [0.05, 0.1) is 6.33 Å². The van der Waals surface area contributed by atoms with Gasteiger partial charge in [0.1, 0.15) is 17.5 Å². The van der Waals surface area contributed by atoms with Gasteiger partial charge in [0, 0.05) is 29.7 Å². The van der Waals surface area contributed by atoms with Crippen molar-refractivity contribution in [3.05, 3.63) is 43.1 Å². The first-order chi connectivity index (χ1) is 9.34. The molecule has 0 saturated carbocycles. The van der Waals surface area contributed by atoms with Crippen LogP contribution in [0.3, 0.4) is 0 Å². The van der Waals surface area contributed by atoms with E-state index in [-0.39, 0.29) is 0 Å². The molecule has 0 amide bonds. The maximum atomic E-state index is 4.44. The monoisotopic (exact) mass is 249 g/mol. The summed E-state index contributed by atoms with van der Waals surface area (Å²) in [4.78, 5) is 16.2. The predicted molar refractivity (Wildman–Crippen MR) is 73.6 cm³/mol. The van der Waals surface area contributed by atoms with Crippen LogP contribution in [0.4, 0.5) is 0 Å². The number of hydrogen-bond acceptors (Lipinski definition) is 3. The fourth-order valence-corrected chi connectivity index (χ4v) is 2.45. The molecule has 5 heteroatoms. The van der Waals surface area contributed by atoms with Gasteiger partial charge in [-0.05, 0) is 6.07 Å². The smallest absolute Gasteiger partial charge is 0.181 e. The van der Waals surface area contributed by atoms with Crippen LogP contribution in [0, 0.1) is 0 Å². The summed E-state index contributed by atoms with van der Waals surface area (Å²) >= 11 is 0. The SMILES string of the molecule is Cn1cnc2ncnc(-c3c[nH]c4ccccc34)c21. The Balaban J connectivity index is 2.12. The fraction of sp³-hybridized carbons (Fsp3) is 0.0714. The Morgan fingerprint density at radius 2 is 2.00 bits per heavy atom. The van der Waals surface area contributed by atoms with E-state index >= 15 is 0 Å². The second-order valence-corrected chi connectivity index (χ2v) is 4.50. The van der Waals surface area contributed by atoms with E-state index in [2.05, 4.69) is 32.1 Å². The van der Waals surface area contributed by atoms with E-state index in [4.69, 9.17) is 0 Å². The van der Waals surface area contributed by atoms with Crippen LogP contribution in [0.5, 0.6) is 0 Å². The molecule has 0 fully saturated rings. The van der Waals surface area contributed by atoms with Crippen LogP contribution in [0.25, 0.3) is 33.3 Å². The largest absolute Gasteiger partial charge is 0.360 e. The van der Waals surface area contributed by atoms with Crippen molar-refractivity contribution in [2.45, 2.75) is 0 Å². The lowest BCUT2D eigenvalue weighted by molar-refractivity contribution is 0.946. The van der Waals surface area contributed by atoms with E-state index in [0.717, 1.165) is 33.3 Å². The van der Waals surface area contributed by atoms with Crippen LogP contribution in [-0.2, 0) is 7.05 Å². The van der Waals surface area contributed by atoms with Crippen LogP contribution in [-0.4, -0.2) is 24.5 Å². The molecule has 0 aliphatic carbocycles. The molecule has 1 N–H and O–H groups in total. The Morgan fingerprint density at radius 3 is 2.95 bits per heavy atom. The normalized spacial score (nSPS) is 11.4. The number of nitrogens with zero attached hydrogens (tertiary/aromatic N) is 4. The Morgan fingerprint density at radius 1 is 1.11 bits per heavy atom. The summed E-state index contributed by atoms with van der Waals surface area (Å²) < 4.78 is 1.95. The van der Waals surface area contributed by atoms with Crippen molar-refractivity contribution in [2.75, 3.05) is 0 Å². The van der Waals surface area contributed by atoms with Gasteiger partial charge in [0.25, 0.3) is 0 Å². The quantitative estimate of drug-likeness (QED) is 0.564. The Kier molecular flexibility index (Phi) is 1.97. The molecule has 19 heavy (non-hydrogen) atoms. The lowest BCUT2D eigenvalue weighted by Gasteiger charge is -2.02. The van der Waals surface area contributed by atoms with Gasteiger partial charge in [-0.2, -0.15) is 0 Å². The molecule has 0 spiro atoms. The van der Waals surface area contributed by atoms with E-state index in [9.17, 15) is 0 Å². The molecule has 0 saturated heterocycles. The van der Waals surface area contributed by atoms with Crippen LogP contribution in [0.1, 0.15) is 0 Å². The predicted octanol–water partition coefficient (Wildman–Crippen LogP) is 2.51. The average molecular weight is 249 g/mol. The number of benzene rings is 1. The Bertz CT molecular complexity index is 887. The number of H-pyrrole nitrogens is 1. The van der Waals surface area contributed by atoms with Gasteiger partial charge < -0.3 is 9.55 Å². The summed E-state index contributed by atoms with van der Waals surface area (Å²) in [7, 11) is 1.96. The van der Waals surface area contributed by atoms with E-state index in [1.165, 1.54) is 0 Å². The summed E-state index contributed by atoms with van der Waals surface area (Å²) in [5.74, 6) is 0. The summed E-state index contributed by atoms with van der Waals surface area (Å²) in [6, 6.07) is 8.19. The Labute approximate surface area is 109 Å². The third-order valence-electron chi connectivity index (χ3n) is 3.35. The van der Waals surface area contributed by atoms with Crippen LogP contribution in [0.2, 0.25) is 0 Å². The molecule has 0 atom stereocenters. The lowest BCUT2D eigenvalue weighted by Crippen LogP contribution is -1.92. The molecule has 0 radical (unpaired) electrons. The molecule has 4 rings (SSSR count). The number of rotatable bonds is 1. The molecular formula is C14H11N5. The zero-order chi connectivity index (χ0) is 12.8. The highest BCUT2D eigenvalue weighted by Gasteiger charge is 2.13. The summed E-state index contributed by atoms with van der Waals surface area (Å²) in [5, 5.41) is 1.16. The molecule has 0 aliphatic heterocycles. The third kappa shape index (κ3) is 1.38. The van der Waals surface area contributed by atoms with Crippen molar-refractivity contribution in [1.29, 1.82) is 0 Å². The first-order valence-corrected chi connectivity index (χ1v) is 6.03. The van der Waals surface area contributed by atoms with E-state index in [0.29, 0.717) is 0 Å². The minimum absolute atomic E-state index is 0.720. The Hall–Kier alpha value is -2.69. The number of nitrogens with one attached hydrogen (secondary N) is 1. The van der Waals surface area contributed by atoms with Gasteiger partial charge in [-0.1, -0.05) is 18.2 Å². The number of aromatic amines is 1. The van der Waals surface area contributed by atoms with Crippen molar-refractivity contribution in [2.24, 2.45) is 7.05 Å². The number of aromatic nitrogens is 5. The molecule has 5 nitrogen and oxygen atoms in total. The van der Waals surface area contributed by atoms with E-state index < -0.39 is 0 Å². The van der Waals surface area contributed by atoms with Gasteiger partial charge in [-0.25, -0.2) is 15.0 Å². The van der Waals surface area contributed by atoms with Crippen LogP contribution in [0.15, 0.2) is 43.1 Å². The molecule has 0 bridgehead atoms. The molecule has 92 valence electrons. The molecule has 1 aromatic carbocycles. The van der Waals surface area contributed by atoms with Crippen molar-refractivity contribution >= 4 is 22.1 Å². The second kappa shape index (κ2) is 3.65. The number of imidazole rings is 1. The fourth-order valence-electron chi connectivity index (χ4n) is 2.45. The minimum Gasteiger partial charge on any atom is -0.360 e. The maximum absolute atomic E-state index is 4.44. The van der Waals surface area contributed by atoms with Crippen LogP contribution >= 0.6 is 0 Å². The molecule has 3 heterocycles. The second-order valence-electron chi connectivity index (χ2n) is 4.50. The molecular weight excluding hydrogens is 238 g/mol. The van der Waals surface area contributed by atoms with Gasteiger partial charge in [0.15, 0.2) is 5.65 Å². The lowest BCUT2D eigenvalue weighted by atomic mass is 10.1. The molecule has 4 aromatic rings. The zero-order valence-corrected chi connectivity index (χ0v) is 10.3. The average Bonchev–Trinajstić information content (AvgIpc) is 3.03. The first kappa shape index (κ1) is 10.3. The summed E-state index contributed by atoms with van der Waals surface area (Å²) in [6.07, 6.45) is 5.31. The highest BCUT2D eigenvalue weighted by Crippen LogP contribution is 2.30. The zero-order valence-electron chi connectivity index (χ0n) is 10.3. The highest BCUT2D eigenvalue weighted by molar-refractivity contribution is 6.00. The van der Waals surface area contributed by atoms with Gasteiger partial charge >= 0.3 is 0 Å². The van der Waals surface area contributed by atoms with Crippen molar-refractivity contribution in [3.63, 3.8) is 0 Å². The summed E-state index contributed by atoms with van der Waals surface area (Å²) in [6.45, 7) is 0. The van der Waals surface area contributed by atoms with Crippen molar-refractivity contribution in [3.8, 4) is 11.3 Å². The number of aryl methyl sites for hydroxylation is 1. The topological polar surface area (TPSA) is 59.4 Å². The standard InChI is InChI=1S/C14H11N5/c1-19-8-18-14-13(19)12(16-7-17-14)10-6-15-11-5-3-2-4-9(10)11/h2-8,15H,1H3. The van der Waals surface area contributed by atoms with Crippen molar-refractivity contribution < 1.29 is 0 Å².